The van der Waals surface area contributed by atoms with Crippen LogP contribution in [-0.4, -0.2) is 66.7 Å². The molecule has 174 valence electrons. The Balaban J connectivity index is 1.55. The number of carbonyl (C=O) groups excluding carboxylic acids is 1. The standard InChI is InChI=1S/C25H25N5O4/c1-34-19-6-3-17(4-7-19)24(31)27-18-5-8-22-20(15-18)21(25(32)33)16-23(28-22)30-13-11-29(12-14-30)10-2-9-26/h3-8,15-16H,2,10-14H2,1H3,(H,27,31)(H,32,33). The van der Waals surface area contributed by atoms with E-state index in [1.54, 1.807) is 55.6 Å². The average Bonchev–Trinajstić information content (AvgIpc) is 2.87. The Morgan fingerprint density at radius 1 is 1.12 bits per heavy atom. The zero-order valence-corrected chi connectivity index (χ0v) is 18.8. The van der Waals surface area contributed by atoms with Crippen LogP contribution in [0.25, 0.3) is 10.9 Å². The molecule has 0 unspecified atom stereocenters. The van der Waals surface area contributed by atoms with Crippen molar-refractivity contribution in [2.24, 2.45) is 0 Å². The fourth-order valence-electron chi connectivity index (χ4n) is 3.98. The summed E-state index contributed by atoms with van der Waals surface area (Å²) in [4.78, 5) is 33.6. The van der Waals surface area contributed by atoms with E-state index in [2.05, 4.69) is 21.2 Å². The van der Waals surface area contributed by atoms with E-state index < -0.39 is 5.97 Å². The quantitative estimate of drug-likeness (QED) is 0.553. The lowest BCUT2D eigenvalue weighted by Crippen LogP contribution is -2.46. The molecule has 0 atom stereocenters. The molecule has 4 rings (SSSR count). The van der Waals surface area contributed by atoms with Crippen LogP contribution in [0.3, 0.4) is 0 Å². The summed E-state index contributed by atoms with van der Waals surface area (Å²) in [5.74, 6) is -0.101. The van der Waals surface area contributed by atoms with E-state index in [-0.39, 0.29) is 11.5 Å². The van der Waals surface area contributed by atoms with Crippen LogP contribution in [0.5, 0.6) is 5.75 Å². The number of pyridine rings is 1. The first-order valence-corrected chi connectivity index (χ1v) is 11.0. The van der Waals surface area contributed by atoms with Gasteiger partial charge in [-0.2, -0.15) is 5.26 Å². The maximum absolute atomic E-state index is 12.6. The van der Waals surface area contributed by atoms with Gasteiger partial charge in [0, 0.05) is 55.8 Å². The van der Waals surface area contributed by atoms with Gasteiger partial charge in [-0.25, -0.2) is 9.78 Å². The van der Waals surface area contributed by atoms with Gasteiger partial charge in [-0.1, -0.05) is 0 Å². The van der Waals surface area contributed by atoms with Crippen LogP contribution >= 0.6 is 0 Å². The van der Waals surface area contributed by atoms with Crippen LogP contribution in [-0.2, 0) is 0 Å². The third kappa shape index (κ3) is 5.08. The summed E-state index contributed by atoms with van der Waals surface area (Å²) in [6.07, 6.45) is 0.495. The molecule has 0 aliphatic carbocycles. The van der Waals surface area contributed by atoms with Crippen molar-refractivity contribution in [2.45, 2.75) is 6.42 Å². The Labute approximate surface area is 197 Å². The third-order valence-electron chi connectivity index (χ3n) is 5.87. The monoisotopic (exact) mass is 459 g/mol. The van der Waals surface area contributed by atoms with Gasteiger partial charge in [0.1, 0.15) is 11.6 Å². The molecule has 1 aliphatic heterocycles. The second kappa shape index (κ2) is 10.2. The van der Waals surface area contributed by atoms with E-state index in [0.29, 0.717) is 53.2 Å². The summed E-state index contributed by atoms with van der Waals surface area (Å²) in [6, 6.07) is 15.5. The Hall–Kier alpha value is -4.16. The Morgan fingerprint density at radius 2 is 1.85 bits per heavy atom. The number of ether oxygens (including phenoxy) is 1. The van der Waals surface area contributed by atoms with Crippen molar-refractivity contribution in [1.82, 2.24) is 9.88 Å². The third-order valence-corrected chi connectivity index (χ3v) is 5.87. The van der Waals surface area contributed by atoms with E-state index in [4.69, 9.17) is 15.0 Å². The minimum Gasteiger partial charge on any atom is -0.497 e. The lowest BCUT2D eigenvalue weighted by Gasteiger charge is -2.35. The van der Waals surface area contributed by atoms with Crippen molar-refractivity contribution in [1.29, 1.82) is 5.26 Å². The second-order valence-corrected chi connectivity index (χ2v) is 7.98. The molecular formula is C25H25N5O4. The molecule has 1 amide bonds. The number of aromatic carboxylic acids is 1. The van der Waals surface area contributed by atoms with Crippen LogP contribution in [0, 0.1) is 11.3 Å². The van der Waals surface area contributed by atoms with Gasteiger partial charge < -0.3 is 20.1 Å². The Morgan fingerprint density at radius 3 is 2.50 bits per heavy atom. The number of hydrogen-bond acceptors (Lipinski definition) is 7. The Bertz CT molecular complexity index is 1240. The number of nitrogens with zero attached hydrogens (tertiary/aromatic N) is 4. The lowest BCUT2D eigenvalue weighted by molar-refractivity contribution is 0.0698. The van der Waals surface area contributed by atoms with Crippen molar-refractivity contribution >= 4 is 34.3 Å². The smallest absolute Gasteiger partial charge is 0.336 e. The van der Waals surface area contributed by atoms with Gasteiger partial charge in [-0.05, 0) is 48.5 Å². The van der Waals surface area contributed by atoms with Gasteiger partial charge in [0.05, 0.1) is 24.3 Å². The molecule has 0 saturated carbocycles. The lowest BCUT2D eigenvalue weighted by atomic mass is 10.1. The predicted octanol–water partition coefficient (Wildman–Crippen LogP) is 3.23. The van der Waals surface area contributed by atoms with E-state index in [0.717, 1.165) is 19.6 Å². The summed E-state index contributed by atoms with van der Waals surface area (Å²) in [7, 11) is 1.56. The predicted molar refractivity (Wildman–Crippen MR) is 129 cm³/mol. The van der Waals surface area contributed by atoms with Crippen molar-refractivity contribution in [3.05, 3.63) is 59.7 Å². The summed E-state index contributed by atoms with van der Waals surface area (Å²) in [6.45, 7) is 3.74. The van der Waals surface area contributed by atoms with E-state index in [9.17, 15) is 14.7 Å². The largest absolute Gasteiger partial charge is 0.497 e. The molecule has 0 spiro atoms. The molecule has 2 heterocycles. The second-order valence-electron chi connectivity index (χ2n) is 7.98. The maximum atomic E-state index is 12.6. The molecule has 3 aromatic rings. The number of hydrogen-bond donors (Lipinski definition) is 2. The molecular weight excluding hydrogens is 434 g/mol. The fourth-order valence-corrected chi connectivity index (χ4v) is 3.98. The number of methoxy groups -OCH3 is 1. The number of carbonyl (C=O) groups is 2. The van der Waals surface area contributed by atoms with Crippen LogP contribution in [0.15, 0.2) is 48.5 Å². The minimum atomic E-state index is -1.06. The highest BCUT2D eigenvalue weighted by molar-refractivity contribution is 6.08. The number of carboxylic acid groups (broad SMARTS) is 1. The van der Waals surface area contributed by atoms with Gasteiger partial charge in [0.2, 0.25) is 0 Å². The van der Waals surface area contributed by atoms with E-state index in [1.807, 2.05) is 0 Å². The van der Waals surface area contributed by atoms with Gasteiger partial charge >= 0.3 is 5.97 Å². The van der Waals surface area contributed by atoms with Gasteiger partial charge in [-0.15, -0.1) is 0 Å². The maximum Gasteiger partial charge on any atom is 0.336 e. The van der Waals surface area contributed by atoms with Crippen molar-refractivity contribution < 1.29 is 19.4 Å². The SMILES string of the molecule is COc1ccc(C(=O)Nc2ccc3nc(N4CCN(CCC#N)CC4)cc(C(=O)O)c3c2)cc1. The normalized spacial score (nSPS) is 13.9. The first-order chi connectivity index (χ1) is 16.5. The molecule has 0 bridgehead atoms. The number of carboxylic acids is 1. The first kappa shape index (κ1) is 23.0. The average molecular weight is 460 g/mol. The molecule has 34 heavy (non-hydrogen) atoms. The zero-order chi connectivity index (χ0) is 24.1. The summed E-state index contributed by atoms with van der Waals surface area (Å²) in [5, 5.41) is 21.9. The number of nitrogens with one attached hydrogen (secondary N) is 1. The molecule has 9 heteroatoms. The highest BCUT2D eigenvalue weighted by Crippen LogP contribution is 2.27. The highest BCUT2D eigenvalue weighted by Gasteiger charge is 2.21. The Kier molecular flexibility index (Phi) is 6.90. The molecule has 1 saturated heterocycles. The van der Waals surface area contributed by atoms with Crippen LogP contribution in [0.1, 0.15) is 27.1 Å². The topological polar surface area (TPSA) is 119 Å². The summed E-state index contributed by atoms with van der Waals surface area (Å²) >= 11 is 0. The summed E-state index contributed by atoms with van der Waals surface area (Å²) in [5.41, 5.74) is 1.62. The first-order valence-electron chi connectivity index (χ1n) is 11.0. The molecule has 1 aromatic heterocycles. The molecule has 1 fully saturated rings. The molecule has 2 aromatic carbocycles. The van der Waals surface area contributed by atoms with Crippen molar-refractivity contribution in [3.8, 4) is 11.8 Å². The van der Waals surface area contributed by atoms with Crippen molar-refractivity contribution in [2.75, 3.05) is 50.1 Å². The minimum absolute atomic E-state index is 0.132. The molecule has 1 aliphatic rings. The number of amides is 1. The van der Waals surface area contributed by atoms with Crippen LogP contribution in [0.2, 0.25) is 0 Å². The van der Waals surface area contributed by atoms with Crippen molar-refractivity contribution in [3.63, 3.8) is 0 Å². The molecule has 0 radical (unpaired) electrons. The number of benzene rings is 2. The number of rotatable bonds is 7. The fraction of sp³-hybridized carbons (Fsp3) is 0.280. The zero-order valence-electron chi connectivity index (χ0n) is 18.8. The molecule has 9 nitrogen and oxygen atoms in total. The van der Waals surface area contributed by atoms with Gasteiger partial charge in [-0.3, -0.25) is 9.69 Å². The summed E-state index contributed by atoms with van der Waals surface area (Å²) < 4.78 is 5.11. The number of fused-ring (bicyclic) bond motifs is 1. The van der Waals surface area contributed by atoms with Crippen LogP contribution < -0.4 is 15.0 Å². The number of piperazine rings is 1. The van der Waals surface area contributed by atoms with Gasteiger partial charge in [0.25, 0.3) is 5.91 Å². The van der Waals surface area contributed by atoms with E-state index in [1.165, 1.54) is 0 Å². The van der Waals surface area contributed by atoms with E-state index >= 15 is 0 Å². The number of nitriles is 1. The number of aromatic nitrogens is 1. The van der Waals surface area contributed by atoms with Crippen LogP contribution in [0.4, 0.5) is 11.5 Å². The molecule has 2 N–H and O–H groups in total. The number of anilines is 2. The highest BCUT2D eigenvalue weighted by atomic mass is 16.5. The van der Waals surface area contributed by atoms with Gasteiger partial charge in [0.15, 0.2) is 0 Å².